The van der Waals surface area contributed by atoms with E-state index in [2.05, 4.69) is 25.8 Å². The number of thioether (sulfide) groups is 1. The number of rotatable bonds is 7. The van der Waals surface area contributed by atoms with Crippen LogP contribution in [0.25, 0.3) is 0 Å². The number of allylic oxidation sites excluding steroid dienone is 1. The molecule has 78 heavy (non-hydrogen) atoms. The fourth-order valence-corrected chi connectivity index (χ4v) is 9.96. The topological polar surface area (TPSA) is 115 Å². The zero-order chi connectivity index (χ0) is 56.3. The maximum absolute atomic E-state index is 14.9. The number of anilines is 6. The largest absolute Gasteiger partial charge is 0.379 e. The van der Waals surface area contributed by atoms with E-state index < -0.39 is 0 Å². The van der Waals surface area contributed by atoms with Gasteiger partial charge >= 0.3 is 0 Å². The summed E-state index contributed by atoms with van der Waals surface area (Å²) in [4.78, 5) is 26.9. The third-order valence-electron chi connectivity index (χ3n) is 12.7. The summed E-state index contributed by atoms with van der Waals surface area (Å²) in [7, 11) is 14.7. The quantitative estimate of drug-likeness (QED) is 0.134. The van der Waals surface area contributed by atoms with Crippen LogP contribution in [0, 0.1) is 24.4 Å². The van der Waals surface area contributed by atoms with Gasteiger partial charge in [0.2, 0.25) is 0 Å². The van der Waals surface area contributed by atoms with Crippen molar-refractivity contribution >= 4 is 132 Å². The predicted octanol–water partition coefficient (Wildman–Crippen LogP) is 14.5. The number of hydrogen-bond acceptors (Lipinski definition) is 12. The van der Waals surface area contributed by atoms with Crippen molar-refractivity contribution in [3.05, 3.63) is 192 Å². The van der Waals surface area contributed by atoms with Gasteiger partial charge in [0.15, 0.2) is 5.82 Å². The van der Waals surface area contributed by atoms with E-state index in [4.69, 9.17) is 62.0 Å². The van der Waals surface area contributed by atoms with Crippen LogP contribution in [-0.4, -0.2) is 111 Å². The number of nitrogens with zero attached hydrogens (tertiary/aromatic N) is 9. The molecule has 6 aromatic carbocycles. The second-order valence-corrected chi connectivity index (χ2v) is 21.4. The van der Waals surface area contributed by atoms with Crippen molar-refractivity contribution in [2.75, 3.05) is 94.5 Å². The van der Waals surface area contributed by atoms with Gasteiger partial charge in [-0.05, 0) is 74.7 Å². The van der Waals surface area contributed by atoms with E-state index in [0.29, 0.717) is 94.7 Å². The molecule has 3 aliphatic heterocycles. The Bertz CT molecular complexity index is 3640. The molecule has 0 saturated carbocycles. The zero-order valence-corrected chi connectivity index (χ0v) is 48.6. The number of H-pyrrole nitrogens is 1. The van der Waals surface area contributed by atoms with E-state index in [-0.39, 0.29) is 17.5 Å². The number of fused-ring (bicyclic) bond motifs is 4. The van der Waals surface area contributed by atoms with Crippen molar-refractivity contribution in [1.82, 2.24) is 15.1 Å². The van der Waals surface area contributed by atoms with E-state index in [1.807, 2.05) is 114 Å². The van der Waals surface area contributed by atoms with Crippen LogP contribution in [0.3, 0.4) is 0 Å². The molecular formula is C58H56Cl3F3N12S2. The molecule has 0 saturated heterocycles. The molecule has 3 aliphatic rings. The molecule has 3 N–H and O–H groups in total. The number of aryl methyl sites for hydroxylation is 1. The molecule has 0 fully saturated rings. The summed E-state index contributed by atoms with van der Waals surface area (Å²) in [5.74, 6) is -0.371. The molecule has 0 radical (unpaired) electrons. The van der Waals surface area contributed by atoms with E-state index >= 15 is 0 Å². The fourth-order valence-electron chi connectivity index (χ4n) is 8.53. The zero-order valence-electron chi connectivity index (χ0n) is 44.7. The maximum atomic E-state index is 14.9. The molecule has 0 aliphatic carbocycles. The van der Waals surface area contributed by atoms with Crippen LogP contribution in [0.15, 0.2) is 141 Å². The minimum Gasteiger partial charge on any atom is -0.379 e. The number of hydrogen-bond donors (Lipinski definition) is 3. The number of benzodiazepines with no additional fused rings is 1. The Labute approximate surface area is 477 Å². The smallest absolute Gasteiger partial charge is 0.178 e. The molecule has 12 nitrogen and oxygen atoms in total. The highest BCUT2D eigenvalue weighted by Crippen LogP contribution is 2.41. The van der Waals surface area contributed by atoms with Gasteiger partial charge in [0.1, 0.15) is 38.9 Å². The molecule has 10 rings (SSSR count). The first kappa shape index (κ1) is 57.0. The van der Waals surface area contributed by atoms with Crippen molar-refractivity contribution in [3.8, 4) is 0 Å². The Morgan fingerprint density at radius 1 is 0.577 bits per heavy atom. The van der Waals surface area contributed by atoms with E-state index in [9.17, 15) is 13.2 Å². The first-order valence-electron chi connectivity index (χ1n) is 24.3. The predicted molar refractivity (Wildman–Crippen MR) is 328 cm³/mol. The highest BCUT2D eigenvalue weighted by Gasteiger charge is 2.27. The molecular weight excluding hydrogens is 1090 g/mol. The molecule has 7 aromatic rings. The monoisotopic (exact) mass is 1150 g/mol. The Kier molecular flexibility index (Phi) is 17.7. The highest BCUT2D eigenvalue weighted by molar-refractivity contribution is 8.13. The molecule has 1 aromatic heterocycles. The van der Waals surface area contributed by atoms with Gasteiger partial charge in [-0.2, -0.15) is 5.10 Å². The number of aromatic amines is 1. The molecule has 20 heteroatoms. The summed E-state index contributed by atoms with van der Waals surface area (Å²) in [5.41, 5.74) is 12.8. The maximum Gasteiger partial charge on any atom is 0.178 e. The average Bonchev–Trinajstić information content (AvgIpc) is 3.55. The molecule has 0 unspecified atom stereocenters. The van der Waals surface area contributed by atoms with Crippen LogP contribution >= 0.6 is 58.8 Å². The average molecular weight is 1150 g/mol. The lowest BCUT2D eigenvalue weighted by Gasteiger charge is -2.18. The lowest BCUT2D eigenvalue weighted by molar-refractivity contribution is 0.509. The van der Waals surface area contributed by atoms with E-state index in [1.165, 1.54) is 30.0 Å². The van der Waals surface area contributed by atoms with E-state index in [1.54, 1.807) is 73.2 Å². The van der Waals surface area contributed by atoms with Crippen LogP contribution in [0.2, 0.25) is 15.1 Å². The first-order chi connectivity index (χ1) is 37.2. The standard InChI is InChI=1S/C22H24ClFN4S.C19H17ClFN5.C17H15ClFN3S/c1-13(27(2)3)20-22(29-6)25-18-12-19(28(4)5)17(24)11-15(18)21(26-20)14-9-7-8-10-16(14)23;1-10-17-19(25-24-10)22-15-9-16(26(2)3)14(21)8-12(15)18(23-17)11-6-4-5-7-13(11)20;1-22(2)15-8-14-11(7-13(15)19)17(20-9-16(23)21-14)10-5-3-4-6-12(10)18/h7-12H,1-6H3;4-9H,1-3H3,(H2,22,24,25);3-8H,9H2,1-2H3,(H,21,23). The van der Waals surface area contributed by atoms with Crippen LogP contribution in [-0.2, 0) is 0 Å². The van der Waals surface area contributed by atoms with Gasteiger partial charge in [-0.15, -0.1) is 11.8 Å². The van der Waals surface area contributed by atoms with Crippen LogP contribution in [0.4, 0.5) is 58.8 Å². The van der Waals surface area contributed by atoms with Gasteiger partial charge in [-0.1, -0.05) is 102 Å². The third-order valence-corrected chi connectivity index (χ3v) is 14.6. The molecule has 402 valence electrons. The number of halogens is 6. The molecule has 0 bridgehead atoms. The van der Waals surface area contributed by atoms with Gasteiger partial charge in [0.05, 0.1) is 63.5 Å². The lowest BCUT2D eigenvalue weighted by Crippen LogP contribution is -2.15. The van der Waals surface area contributed by atoms with Gasteiger partial charge in [0.25, 0.3) is 0 Å². The van der Waals surface area contributed by atoms with Crippen LogP contribution < -0.4 is 25.3 Å². The van der Waals surface area contributed by atoms with Crippen molar-refractivity contribution in [2.45, 2.75) is 13.8 Å². The molecule has 0 atom stereocenters. The summed E-state index contributed by atoms with van der Waals surface area (Å²) < 4.78 is 44.1. The number of aliphatic imine (C=N–C) groups is 4. The van der Waals surface area contributed by atoms with Crippen molar-refractivity contribution in [3.63, 3.8) is 0 Å². The highest BCUT2D eigenvalue weighted by atomic mass is 35.5. The van der Waals surface area contributed by atoms with Gasteiger partial charge in [-0.3, -0.25) is 10.1 Å². The summed E-state index contributed by atoms with van der Waals surface area (Å²) in [5, 5.41) is 16.1. The summed E-state index contributed by atoms with van der Waals surface area (Å²) >= 11 is 26.0. The minimum atomic E-state index is -0.328. The van der Waals surface area contributed by atoms with E-state index in [0.717, 1.165) is 50.2 Å². The lowest BCUT2D eigenvalue weighted by atomic mass is 9.99. The van der Waals surface area contributed by atoms with Gasteiger partial charge in [-0.25, -0.2) is 28.1 Å². The molecule has 0 amide bonds. The van der Waals surface area contributed by atoms with Crippen LogP contribution in [0.1, 0.15) is 46.0 Å². The van der Waals surface area contributed by atoms with Crippen molar-refractivity contribution in [1.29, 1.82) is 0 Å². The van der Waals surface area contributed by atoms with Gasteiger partial charge in [0, 0.05) is 111 Å². The third kappa shape index (κ3) is 12.1. The minimum absolute atomic E-state index is 0.317. The number of thiocarbonyl (C=S) groups is 1. The summed E-state index contributed by atoms with van der Waals surface area (Å²) in [6.07, 6.45) is 1.97. The second kappa shape index (κ2) is 24.3. The van der Waals surface area contributed by atoms with Crippen molar-refractivity contribution in [2.24, 2.45) is 20.0 Å². The molecule has 0 spiro atoms. The van der Waals surface area contributed by atoms with Crippen LogP contribution in [0.5, 0.6) is 0 Å². The second-order valence-electron chi connectivity index (χ2n) is 18.9. The number of aromatic nitrogens is 2. The Morgan fingerprint density at radius 3 is 1.51 bits per heavy atom. The fraction of sp³-hybridized carbons (Fsp3) is 0.207. The Morgan fingerprint density at radius 2 is 1.03 bits per heavy atom. The summed E-state index contributed by atoms with van der Waals surface area (Å²) in [6, 6.07) is 32.0. The number of benzene rings is 6. The normalized spacial score (nSPS) is 13.9. The Hall–Kier alpha value is -7.15. The first-order valence-corrected chi connectivity index (χ1v) is 27.1. The summed E-state index contributed by atoms with van der Waals surface area (Å²) in [6.45, 7) is 4.23. The van der Waals surface area contributed by atoms with Crippen molar-refractivity contribution < 1.29 is 13.2 Å². The molecule has 4 heterocycles. The van der Waals surface area contributed by atoms with Gasteiger partial charge < -0.3 is 30.2 Å². The number of nitrogens with one attached hydrogen (secondary N) is 3. The SMILES string of the molecule is CN(C)c1cc2c(cc1F)C(c1ccccc1Cl)=NCC(=S)N2.CSC1=Nc2cc(N(C)C)c(F)cc2C(c2ccccc2Cl)=NC1=C(C)N(C)C.Cc1[nH]nc2c1N=C(c1ccccc1Cl)c1cc(F)c(N(C)C)cc1N2. The Balaban J connectivity index is 0.000000155.